The molecule has 0 spiro atoms. The Morgan fingerprint density at radius 2 is 1.60 bits per heavy atom. The summed E-state index contributed by atoms with van der Waals surface area (Å²) >= 11 is 0. The van der Waals surface area contributed by atoms with Crippen molar-refractivity contribution in [1.29, 1.82) is 0 Å². The minimum atomic E-state index is -4.31. The summed E-state index contributed by atoms with van der Waals surface area (Å²) in [7, 11) is 0. The standard InChI is InChI=1S/C16H16F3N/c17-16(18,19)15-5-1-4-14(11-15)13-8-6-12(7-9-13)3-2-10-20/h1,4-9,11H,2-3,10,20H2. The predicted octanol–water partition coefficient (Wildman–Crippen LogP) is 4.26. The highest BCUT2D eigenvalue weighted by Gasteiger charge is 2.30. The molecule has 106 valence electrons. The van der Waals surface area contributed by atoms with Crippen LogP contribution in [0.25, 0.3) is 11.1 Å². The third kappa shape index (κ3) is 3.61. The average molecular weight is 279 g/mol. The summed E-state index contributed by atoms with van der Waals surface area (Å²) in [6, 6.07) is 12.9. The number of halogens is 3. The van der Waals surface area contributed by atoms with Crippen molar-refractivity contribution in [2.24, 2.45) is 5.73 Å². The van der Waals surface area contributed by atoms with E-state index in [9.17, 15) is 13.2 Å². The second-order valence-corrected chi connectivity index (χ2v) is 4.67. The molecule has 0 bridgehead atoms. The Hall–Kier alpha value is -1.81. The highest BCUT2D eigenvalue weighted by atomic mass is 19.4. The van der Waals surface area contributed by atoms with Crippen molar-refractivity contribution in [3.8, 4) is 11.1 Å². The highest BCUT2D eigenvalue weighted by Crippen LogP contribution is 2.32. The van der Waals surface area contributed by atoms with E-state index >= 15 is 0 Å². The molecule has 0 atom stereocenters. The van der Waals surface area contributed by atoms with E-state index in [2.05, 4.69) is 0 Å². The Bertz CT molecular complexity index is 559. The summed E-state index contributed by atoms with van der Waals surface area (Å²) in [4.78, 5) is 0. The normalized spacial score (nSPS) is 11.6. The van der Waals surface area contributed by atoms with Gasteiger partial charge in [-0.15, -0.1) is 0 Å². The average Bonchev–Trinajstić information content (AvgIpc) is 2.45. The van der Waals surface area contributed by atoms with E-state index in [4.69, 9.17) is 5.73 Å². The van der Waals surface area contributed by atoms with E-state index in [1.165, 1.54) is 12.1 Å². The van der Waals surface area contributed by atoms with Gasteiger partial charge in [-0.3, -0.25) is 0 Å². The third-order valence-corrected chi connectivity index (χ3v) is 3.15. The summed E-state index contributed by atoms with van der Waals surface area (Å²) < 4.78 is 38.0. The Kier molecular flexibility index (Phi) is 4.45. The second kappa shape index (κ2) is 6.09. The van der Waals surface area contributed by atoms with Gasteiger partial charge in [0.05, 0.1) is 5.56 Å². The SMILES string of the molecule is NCCCc1ccc(-c2cccc(C(F)(F)F)c2)cc1. The van der Waals surface area contributed by atoms with Gasteiger partial charge in [0.25, 0.3) is 0 Å². The summed E-state index contributed by atoms with van der Waals surface area (Å²) in [6.45, 7) is 0.634. The number of hydrogen-bond donors (Lipinski definition) is 1. The lowest BCUT2D eigenvalue weighted by atomic mass is 10.0. The third-order valence-electron chi connectivity index (χ3n) is 3.15. The fourth-order valence-electron chi connectivity index (χ4n) is 2.05. The molecule has 1 nitrogen and oxygen atoms in total. The van der Waals surface area contributed by atoms with Gasteiger partial charge in [0.1, 0.15) is 0 Å². The molecule has 2 aromatic carbocycles. The molecule has 0 saturated heterocycles. The van der Waals surface area contributed by atoms with Gasteiger partial charge in [-0.25, -0.2) is 0 Å². The number of rotatable bonds is 4. The largest absolute Gasteiger partial charge is 0.416 e. The zero-order valence-corrected chi connectivity index (χ0v) is 11.0. The highest BCUT2D eigenvalue weighted by molar-refractivity contribution is 5.64. The van der Waals surface area contributed by atoms with Crippen LogP contribution in [0.15, 0.2) is 48.5 Å². The maximum Gasteiger partial charge on any atom is 0.416 e. The summed E-state index contributed by atoms with van der Waals surface area (Å²) in [5, 5.41) is 0. The first-order chi connectivity index (χ1) is 9.50. The lowest BCUT2D eigenvalue weighted by molar-refractivity contribution is -0.137. The maximum absolute atomic E-state index is 12.7. The molecule has 2 N–H and O–H groups in total. The van der Waals surface area contributed by atoms with E-state index in [-0.39, 0.29) is 0 Å². The van der Waals surface area contributed by atoms with Gasteiger partial charge in [0, 0.05) is 0 Å². The summed E-state index contributed by atoms with van der Waals surface area (Å²) in [5.41, 5.74) is 7.33. The van der Waals surface area contributed by atoms with E-state index in [0.29, 0.717) is 12.1 Å². The lowest BCUT2D eigenvalue weighted by Gasteiger charge is -2.09. The fourth-order valence-corrected chi connectivity index (χ4v) is 2.05. The van der Waals surface area contributed by atoms with Gasteiger partial charge in [-0.1, -0.05) is 36.4 Å². The van der Waals surface area contributed by atoms with Crippen molar-refractivity contribution in [2.75, 3.05) is 6.54 Å². The number of aryl methyl sites for hydroxylation is 1. The van der Waals surface area contributed by atoms with Gasteiger partial charge in [-0.2, -0.15) is 13.2 Å². The maximum atomic E-state index is 12.7. The van der Waals surface area contributed by atoms with Crippen molar-refractivity contribution in [3.63, 3.8) is 0 Å². The predicted molar refractivity (Wildman–Crippen MR) is 74.3 cm³/mol. The van der Waals surface area contributed by atoms with Gasteiger partial charge in [0.15, 0.2) is 0 Å². The molecule has 0 aromatic heterocycles. The monoisotopic (exact) mass is 279 g/mol. The summed E-state index contributed by atoms with van der Waals surface area (Å²) in [6.07, 6.45) is -2.51. The van der Waals surface area contributed by atoms with Crippen molar-refractivity contribution in [2.45, 2.75) is 19.0 Å². The Morgan fingerprint density at radius 3 is 2.20 bits per heavy atom. The zero-order chi connectivity index (χ0) is 14.6. The molecule has 2 aromatic rings. The molecule has 0 amide bonds. The first-order valence-electron chi connectivity index (χ1n) is 6.47. The van der Waals surface area contributed by atoms with E-state index in [1.807, 2.05) is 24.3 Å². The van der Waals surface area contributed by atoms with Gasteiger partial charge < -0.3 is 5.73 Å². The van der Waals surface area contributed by atoms with Crippen LogP contribution < -0.4 is 5.73 Å². The molecule has 20 heavy (non-hydrogen) atoms. The molecule has 0 aliphatic carbocycles. The van der Waals surface area contributed by atoms with Crippen LogP contribution in [0.3, 0.4) is 0 Å². The number of hydrogen-bond acceptors (Lipinski definition) is 1. The Labute approximate surface area is 116 Å². The molecule has 0 heterocycles. The molecular formula is C16H16F3N. The van der Waals surface area contributed by atoms with Gasteiger partial charge in [0.2, 0.25) is 0 Å². The second-order valence-electron chi connectivity index (χ2n) is 4.67. The Balaban J connectivity index is 2.23. The van der Waals surface area contributed by atoms with E-state index in [0.717, 1.165) is 30.0 Å². The number of nitrogens with two attached hydrogens (primary N) is 1. The number of benzene rings is 2. The van der Waals surface area contributed by atoms with E-state index < -0.39 is 11.7 Å². The van der Waals surface area contributed by atoms with Crippen molar-refractivity contribution >= 4 is 0 Å². The van der Waals surface area contributed by atoms with Crippen molar-refractivity contribution in [1.82, 2.24) is 0 Å². The van der Waals surface area contributed by atoms with Gasteiger partial charge >= 0.3 is 6.18 Å². The zero-order valence-electron chi connectivity index (χ0n) is 11.0. The van der Waals surface area contributed by atoms with Crippen LogP contribution in [0.5, 0.6) is 0 Å². The smallest absolute Gasteiger partial charge is 0.330 e. The van der Waals surface area contributed by atoms with Crippen molar-refractivity contribution in [3.05, 3.63) is 59.7 Å². The molecule has 0 radical (unpaired) electrons. The quantitative estimate of drug-likeness (QED) is 0.889. The van der Waals surface area contributed by atoms with Gasteiger partial charge in [-0.05, 0) is 48.2 Å². The topological polar surface area (TPSA) is 26.0 Å². The molecule has 0 saturated carbocycles. The minimum Gasteiger partial charge on any atom is -0.330 e. The molecular weight excluding hydrogens is 263 g/mol. The first-order valence-corrected chi connectivity index (χ1v) is 6.47. The van der Waals surface area contributed by atoms with Crippen LogP contribution in [0.1, 0.15) is 17.5 Å². The molecule has 0 aliphatic heterocycles. The van der Waals surface area contributed by atoms with Crippen LogP contribution in [-0.4, -0.2) is 6.54 Å². The van der Waals surface area contributed by atoms with Crippen LogP contribution >= 0.6 is 0 Å². The molecule has 2 rings (SSSR count). The van der Waals surface area contributed by atoms with Crippen LogP contribution in [0, 0.1) is 0 Å². The lowest BCUT2D eigenvalue weighted by Crippen LogP contribution is -2.04. The Morgan fingerprint density at radius 1 is 0.900 bits per heavy atom. The first kappa shape index (κ1) is 14.6. The summed E-state index contributed by atoms with van der Waals surface area (Å²) in [5.74, 6) is 0. The van der Waals surface area contributed by atoms with Crippen LogP contribution in [0.4, 0.5) is 13.2 Å². The molecule has 0 fully saturated rings. The molecule has 0 aliphatic rings. The van der Waals surface area contributed by atoms with Crippen molar-refractivity contribution < 1.29 is 13.2 Å². The molecule has 0 unspecified atom stereocenters. The van der Waals surface area contributed by atoms with Crippen LogP contribution in [0.2, 0.25) is 0 Å². The molecule has 4 heteroatoms. The minimum absolute atomic E-state index is 0.574. The fraction of sp³-hybridized carbons (Fsp3) is 0.250. The van der Waals surface area contributed by atoms with E-state index in [1.54, 1.807) is 6.07 Å². The number of alkyl halides is 3. The van der Waals surface area contributed by atoms with Crippen LogP contribution in [-0.2, 0) is 12.6 Å².